The number of hydrogen-bond donors (Lipinski definition) is 0. The number of amides is 1. The van der Waals surface area contributed by atoms with Gasteiger partial charge in [-0.15, -0.1) is 0 Å². The van der Waals surface area contributed by atoms with E-state index in [1.54, 1.807) is 0 Å². The van der Waals surface area contributed by atoms with Crippen LogP contribution in [-0.2, 0) is 10.2 Å². The fraction of sp³-hybridized carbons (Fsp3) is 0.611. The van der Waals surface area contributed by atoms with Crippen LogP contribution in [0.5, 0.6) is 5.75 Å². The van der Waals surface area contributed by atoms with Crippen LogP contribution >= 0.6 is 0 Å². The summed E-state index contributed by atoms with van der Waals surface area (Å²) in [6.45, 7) is 10.6. The van der Waals surface area contributed by atoms with Gasteiger partial charge in [-0.05, 0) is 41.9 Å². The van der Waals surface area contributed by atoms with Crippen LogP contribution in [0.3, 0.4) is 0 Å². The maximum atomic E-state index is 12.2. The Hall–Kier alpha value is -1.51. The lowest BCUT2D eigenvalue weighted by atomic mass is 9.87. The van der Waals surface area contributed by atoms with E-state index in [0.717, 1.165) is 37.6 Å². The van der Waals surface area contributed by atoms with Crippen molar-refractivity contribution in [1.82, 2.24) is 4.90 Å². The van der Waals surface area contributed by atoms with Crippen molar-refractivity contribution in [3.05, 3.63) is 29.8 Å². The molecule has 0 radical (unpaired) electrons. The Morgan fingerprint density at radius 1 is 1.29 bits per heavy atom. The van der Waals surface area contributed by atoms with Gasteiger partial charge in [0.25, 0.3) is 5.91 Å². The van der Waals surface area contributed by atoms with E-state index in [1.807, 2.05) is 23.1 Å². The third kappa shape index (κ3) is 4.48. The summed E-state index contributed by atoms with van der Waals surface area (Å²) in [4.78, 5) is 14.1. The molecule has 2 rings (SSSR count). The number of rotatable bonds is 3. The quantitative estimate of drug-likeness (QED) is 0.850. The van der Waals surface area contributed by atoms with Crippen molar-refractivity contribution in [2.24, 2.45) is 5.92 Å². The van der Waals surface area contributed by atoms with Crippen LogP contribution in [-0.4, -0.2) is 30.5 Å². The molecule has 0 spiro atoms. The van der Waals surface area contributed by atoms with Crippen LogP contribution in [0.2, 0.25) is 0 Å². The lowest BCUT2D eigenvalue weighted by molar-refractivity contribution is -0.134. The smallest absolute Gasteiger partial charge is 0.260 e. The van der Waals surface area contributed by atoms with Gasteiger partial charge in [0, 0.05) is 13.1 Å². The molecule has 116 valence electrons. The van der Waals surface area contributed by atoms with Crippen molar-refractivity contribution in [3.8, 4) is 5.75 Å². The van der Waals surface area contributed by atoms with Gasteiger partial charge in [0.2, 0.25) is 0 Å². The molecule has 0 bridgehead atoms. The summed E-state index contributed by atoms with van der Waals surface area (Å²) in [6, 6.07) is 8.04. The molecule has 1 aromatic rings. The zero-order valence-corrected chi connectivity index (χ0v) is 13.7. The minimum atomic E-state index is 0.0897. The fourth-order valence-electron chi connectivity index (χ4n) is 2.55. The summed E-state index contributed by atoms with van der Waals surface area (Å²) in [5.74, 6) is 1.61. The van der Waals surface area contributed by atoms with Crippen molar-refractivity contribution in [2.75, 3.05) is 19.7 Å². The summed E-state index contributed by atoms with van der Waals surface area (Å²) in [6.07, 6.45) is 2.20. The number of piperidine rings is 1. The first-order chi connectivity index (χ1) is 9.86. The molecular formula is C18H27NO2. The molecule has 3 heteroatoms. The first-order valence-corrected chi connectivity index (χ1v) is 7.87. The standard InChI is InChI=1S/C18H27NO2/c1-14-8-10-19(11-9-14)17(20)13-21-16-7-5-6-15(12-16)18(2,3)4/h5-7,12,14H,8-11,13H2,1-4H3. The number of likely N-dealkylation sites (tertiary alicyclic amines) is 1. The third-order valence-electron chi connectivity index (χ3n) is 4.20. The molecule has 0 N–H and O–H groups in total. The fourth-order valence-corrected chi connectivity index (χ4v) is 2.55. The minimum Gasteiger partial charge on any atom is -0.484 e. The van der Waals surface area contributed by atoms with Gasteiger partial charge in [0.05, 0.1) is 0 Å². The lowest BCUT2D eigenvalue weighted by Gasteiger charge is -2.30. The van der Waals surface area contributed by atoms with Crippen molar-refractivity contribution in [3.63, 3.8) is 0 Å². The molecule has 3 nitrogen and oxygen atoms in total. The highest BCUT2D eigenvalue weighted by Crippen LogP contribution is 2.25. The SMILES string of the molecule is CC1CCN(C(=O)COc2cccc(C(C)(C)C)c2)CC1. The van der Waals surface area contributed by atoms with E-state index < -0.39 is 0 Å². The Balaban J connectivity index is 1.89. The molecule has 1 aliphatic rings. The van der Waals surface area contributed by atoms with Crippen LogP contribution in [0.4, 0.5) is 0 Å². The summed E-state index contributed by atoms with van der Waals surface area (Å²) in [5.41, 5.74) is 1.31. The molecule has 1 amide bonds. The van der Waals surface area contributed by atoms with E-state index in [2.05, 4.69) is 33.8 Å². The number of ether oxygens (including phenoxy) is 1. The molecular weight excluding hydrogens is 262 g/mol. The second-order valence-electron chi connectivity index (χ2n) is 7.13. The van der Waals surface area contributed by atoms with Gasteiger partial charge in [0.15, 0.2) is 6.61 Å². The molecule has 0 aromatic heterocycles. The molecule has 1 heterocycles. The maximum absolute atomic E-state index is 12.2. The van der Waals surface area contributed by atoms with Gasteiger partial charge in [-0.25, -0.2) is 0 Å². The number of carbonyl (C=O) groups excluding carboxylic acids is 1. The van der Waals surface area contributed by atoms with Gasteiger partial charge in [-0.3, -0.25) is 4.79 Å². The molecule has 0 aliphatic carbocycles. The van der Waals surface area contributed by atoms with Crippen LogP contribution in [0.25, 0.3) is 0 Å². The zero-order valence-electron chi connectivity index (χ0n) is 13.7. The third-order valence-corrected chi connectivity index (χ3v) is 4.20. The predicted octanol–water partition coefficient (Wildman–Crippen LogP) is 3.62. The van der Waals surface area contributed by atoms with Crippen molar-refractivity contribution >= 4 is 5.91 Å². The van der Waals surface area contributed by atoms with Gasteiger partial charge in [-0.1, -0.05) is 39.8 Å². The van der Waals surface area contributed by atoms with Crippen molar-refractivity contribution in [2.45, 2.75) is 46.0 Å². The van der Waals surface area contributed by atoms with E-state index in [-0.39, 0.29) is 17.9 Å². The van der Waals surface area contributed by atoms with Gasteiger partial charge in [-0.2, -0.15) is 0 Å². The first-order valence-electron chi connectivity index (χ1n) is 7.87. The largest absolute Gasteiger partial charge is 0.484 e. The zero-order chi connectivity index (χ0) is 15.5. The van der Waals surface area contributed by atoms with Crippen molar-refractivity contribution in [1.29, 1.82) is 0 Å². The van der Waals surface area contributed by atoms with Gasteiger partial charge < -0.3 is 9.64 Å². The molecule has 0 atom stereocenters. The summed E-state index contributed by atoms with van der Waals surface area (Å²) < 4.78 is 5.69. The highest BCUT2D eigenvalue weighted by molar-refractivity contribution is 5.77. The Morgan fingerprint density at radius 2 is 1.95 bits per heavy atom. The Labute approximate surface area is 128 Å². The topological polar surface area (TPSA) is 29.5 Å². The summed E-state index contributed by atoms with van der Waals surface area (Å²) in [7, 11) is 0. The summed E-state index contributed by atoms with van der Waals surface area (Å²) in [5, 5.41) is 0. The molecule has 0 saturated carbocycles. The number of carbonyl (C=O) groups is 1. The Morgan fingerprint density at radius 3 is 2.57 bits per heavy atom. The Bertz CT molecular complexity index is 482. The van der Waals surface area contributed by atoms with Gasteiger partial charge >= 0.3 is 0 Å². The van der Waals surface area contributed by atoms with E-state index in [1.165, 1.54) is 5.56 Å². The molecule has 1 aromatic carbocycles. The van der Waals surface area contributed by atoms with E-state index in [9.17, 15) is 4.79 Å². The van der Waals surface area contributed by atoms with Crippen LogP contribution in [0, 0.1) is 5.92 Å². The maximum Gasteiger partial charge on any atom is 0.260 e. The number of benzene rings is 1. The highest BCUT2D eigenvalue weighted by Gasteiger charge is 2.20. The first kappa shape index (κ1) is 15.9. The molecule has 1 saturated heterocycles. The number of nitrogens with zero attached hydrogens (tertiary/aromatic N) is 1. The minimum absolute atomic E-state index is 0.0897. The van der Waals surface area contributed by atoms with Crippen LogP contribution < -0.4 is 4.74 Å². The second kappa shape index (κ2) is 6.50. The molecule has 0 unspecified atom stereocenters. The molecule has 1 aliphatic heterocycles. The second-order valence-corrected chi connectivity index (χ2v) is 7.13. The monoisotopic (exact) mass is 289 g/mol. The molecule has 21 heavy (non-hydrogen) atoms. The van der Waals surface area contributed by atoms with E-state index in [0.29, 0.717) is 0 Å². The predicted molar refractivity (Wildman–Crippen MR) is 85.6 cm³/mol. The van der Waals surface area contributed by atoms with Gasteiger partial charge in [0.1, 0.15) is 5.75 Å². The van der Waals surface area contributed by atoms with Crippen molar-refractivity contribution < 1.29 is 9.53 Å². The van der Waals surface area contributed by atoms with Crippen LogP contribution in [0.1, 0.15) is 46.1 Å². The van der Waals surface area contributed by atoms with E-state index >= 15 is 0 Å². The summed E-state index contributed by atoms with van der Waals surface area (Å²) >= 11 is 0. The normalized spacial score (nSPS) is 16.9. The lowest BCUT2D eigenvalue weighted by Crippen LogP contribution is -2.40. The Kier molecular flexibility index (Phi) is 4.92. The molecule has 1 fully saturated rings. The average Bonchev–Trinajstić information content (AvgIpc) is 2.45. The average molecular weight is 289 g/mol. The number of hydrogen-bond acceptors (Lipinski definition) is 2. The van der Waals surface area contributed by atoms with Crippen LogP contribution in [0.15, 0.2) is 24.3 Å². The highest BCUT2D eigenvalue weighted by atomic mass is 16.5. The van der Waals surface area contributed by atoms with E-state index in [4.69, 9.17) is 4.74 Å².